The average Bonchev–Trinajstić information content (AvgIpc) is 3.39. The number of aryl methyl sites for hydroxylation is 2. The van der Waals surface area contributed by atoms with Gasteiger partial charge in [0.25, 0.3) is 0 Å². The highest BCUT2D eigenvalue weighted by atomic mass is 15.1. The van der Waals surface area contributed by atoms with Gasteiger partial charge < -0.3 is 36.1 Å². The number of hydrogen-bond donors (Lipinski definition) is 4. The smallest absolute Gasteiger partial charge is 0.0504 e. The van der Waals surface area contributed by atoms with E-state index in [-0.39, 0.29) is 7.43 Å². The fraction of sp³-hybridized carbons (Fsp3) is 0.122. The van der Waals surface area contributed by atoms with Crippen LogP contribution in [0.1, 0.15) is 32.5 Å². The molecule has 0 atom stereocenters. The second-order valence-electron chi connectivity index (χ2n) is 11.6. The molecule has 7 aromatic rings. The minimum atomic E-state index is 0. The molecule has 0 unspecified atom stereocenters. The SMILES string of the molecule is C.CC.Cn1c2c(c3cc(Nc4ccc(N)cc4)ccc31)C=CN(c1ccc3c(c1)c1cc(Nc4ccc(N)cc4)ccc1n3C)C=C2. The lowest BCUT2D eigenvalue weighted by Gasteiger charge is -2.15. The highest BCUT2D eigenvalue weighted by molar-refractivity contribution is 6.10. The molecule has 2 aromatic heterocycles. The topological polar surface area (TPSA) is 89.2 Å². The molecule has 5 aromatic carbocycles. The van der Waals surface area contributed by atoms with Crippen molar-refractivity contribution >= 4 is 84.7 Å². The van der Waals surface area contributed by atoms with Crippen LogP contribution in [0.4, 0.5) is 39.8 Å². The van der Waals surface area contributed by atoms with Gasteiger partial charge in [-0.15, -0.1) is 0 Å². The van der Waals surface area contributed by atoms with Gasteiger partial charge in [0.1, 0.15) is 0 Å². The van der Waals surface area contributed by atoms with Crippen LogP contribution < -0.4 is 27.0 Å². The third-order valence-electron chi connectivity index (χ3n) is 8.77. The highest BCUT2D eigenvalue weighted by Crippen LogP contribution is 2.36. The zero-order valence-corrected chi connectivity index (χ0v) is 27.1. The van der Waals surface area contributed by atoms with Gasteiger partial charge in [0.2, 0.25) is 0 Å². The van der Waals surface area contributed by atoms with Gasteiger partial charge in [0.15, 0.2) is 0 Å². The Hall–Kier alpha value is -6.08. The Bertz CT molecular complexity index is 2300. The van der Waals surface area contributed by atoms with Crippen LogP contribution in [0.15, 0.2) is 116 Å². The largest absolute Gasteiger partial charge is 0.399 e. The predicted molar refractivity (Wildman–Crippen MR) is 210 cm³/mol. The molecule has 0 spiro atoms. The third kappa shape index (κ3) is 5.71. The number of nitrogens with two attached hydrogens (primary N) is 2. The van der Waals surface area contributed by atoms with Crippen molar-refractivity contribution in [2.75, 3.05) is 27.0 Å². The molecular formula is C41H43N7. The van der Waals surface area contributed by atoms with Gasteiger partial charge in [-0.05, 0) is 115 Å². The first kappa shape index (κ1) is 31.9. The van der Waals surface area contributed by atoms with E-state index in [9.17, 15) is 0 Å². The van der Waals surface area contributed by atoms with Crippen LogP contribution in [-0.2, 0) is 14.1 Å². The fourth-order valence-corrected chi connectivity index (χ4v) is 6.39. The van der Waals surface area contributed by atoms with E-state index in [4.69, 9.17) is 11.5 Å². The van der Waals surface area contributed by atoms with E-state index in [1.807, 2.05) is 62.4 Å². The van der Waals surface area contributed by atoms with Crippen LogP contribution in [0.5, 0.6) is 0 Å². The summed E-state index contributed by atoms with van der Waals surface area (Å²) < 4.78 is 4.51. The number of nitrogens with one attached hydrogen (secondary N) is 2. The van der Waals surface area contributed by atoms with Crippen LogP contribution in [-0.4, -0.2) is 9.13 Å². The minimum Gasteiger partial charge on any atom is -0.399 e. The summed E-state index contributed by atoms with van der Waals surface area (Å²) in [6.45, 7) is 4.00. The number of fused-ring (bicyclic) bond motifs is 6. The van der Waals surface area contributed by atoms with Crippen molar-refractivity contribution in [2.45, 2.75) is 21.3 Å². The van der Waals surface area contributed by atoms with E-state index in [1.165, 1.54) is 38.3 Å². The quantitative estimate of drug-likeness (QED) is 0.142. The van der Waals surface area contributed by atoms with Gasteiger partial charge in [-0.25, -0.2) is 0 Å². The summed E-state index contributed by atoms with van der Waals surface area (Å²) in [6, 6.07) is 35.3. The average molecular weight is 634 g/mol. The summed E-state index contributed by atoms with van der Waals surface area (Å²) in [5.41, 5.74) is 24.4. The Morgan fingerprint density at radius 1 is 0.500 bits per heavy atom. The monoisotopic (exact) mass is 633 g/mol. The van der Waals surface area contributed by atoms with E-state index in [0.29, 0.717) is 0 Å². The zero-order valence-electron chi connectivity index (χ0n) is 27.1. The lowest BCUT2D eigenvalue weighted by atomic mass is 10.1. The van der Waals surface area contributed by atoms with Gasteiger partial charge in [0, 0.05) is 105 Å². The number of hydrogen-bond acceptors (Lipinski definition) is 5. The van der Waals surface area contributed by atoms with E-state index in [0.717, 1.165) is 45.5 Å². The maximum Gasteiger partial charge on any atom is 0.0504 e. The lowest BCUT2D eigenvalue weighted by Crippen LogP contribution is -2.05. The van der Waals surface area contributed by atoms with Gasteiger partial charge in [-0.2, -0.15) is 0 Å². The molecule has 1 aliphatic heterocycles. The molecule has 0 bridgehead atoms. The van der Waals surface area contributed by atoms with Crippen LogP contribution >= 0.6 is 0 Å². The molecule has 3 heterocycles. The van der Waals surface area contributed by atoms with Gasteiger partial charge in [-0.1, -0.05) is 21.3 Å². The summed E-state index contributed by atoms with van der Waals surface area (Å²) >= 11 is 0. The van der Waals surface area contributed by atoms with Crippen LogP contribution in [0.2, 0.25) is 0 Å². The lowest BCUT2D eigenvalue weighted by molar-refractivity contribution is 0.953. The number of benzene rings is 5. The first-order valence-corrected chi connectivity index (χ1v) is 16.0. The van der Waals surface area contributed by atoms with Crippen molar-refractivity contribution in [3.63, 3.8) is 0 Å². The van der Waals surface area contributed by atoms with Crippen LogP contribution in [0.25, 0.3) is 44.9 Å². The minimum absolute atomic E-state index is 0. The van der Waals surface area contributed by atoms with E-state index in [2.05, 4.69) is 118 Å². The number of nitrogens with zero attached hydrogens (tertiary/aromatic N) is 3. The Morgan fingerprint density at radius 3 is 1.54 bits per heavy atom. The van der Waals surface area contributed by atoms with E-state index >= 15 is 0 Å². The standard InChI is InChI=1S/C38H33N7.C2H6.CH4/c1-43-36-15-12-29(42-27-9-5-25(40)6-10-27)22-33(36)34-23-30(13-16-37(34)43)45-19-17-31-32-21-28(41-26-7-3-24(39)4-8-26)11-14-35(32)44(2)38(31)18-20-45;1-2;/h3-23,41-42H,39-40H2,1-2H3;1-2H3;1H4. The molecule has 48 heavy (non-hydrogen) atoms. The van der Waals surface area contributed by atoms with Crippen molar-refractivity contribution < 1.29 is 0 Å². The number of rotatable bonds is 5. The maximum absolute atomic E-state index is 5.88. The molecule has 8 rings (SSSR count). The van der Waals surface area contributed by atoms with Gasteiger partial charge in [0.05, 0.1) is 5.69 Å². The molecule has 242 valence electrons. The molecular weight excluding hydrogens is 591 g/mol. The number of aromatic nitrogens is 2. The Labute approximate surface area is 282 Å². The molecule has 0 saturated carbocycles. The molecule has 0 fully saturated rings. The molecule has 0 radical (unpaired) electrons. The van der Waals surface area contributed by atoms with Gasteiger partial charge in [-0.3, -0.25) is 0 Å². The summed E-state index contributed by atoms with van der Waals surface area (Å²) in [5, 5.41) is 10.6. The normalized spacial score (nSPS) is 12.0. The Balaban J connectivity index is 0.00000131. The molecule has 6 N–H and O–H groups in total. The number of nitrogen functional groups attached to an aromatic ring is 2. The summed E-state index contributed by atoms with van der Waals surface area (Å²) in [7, 11) is 4.25. The molecule has 0 saturated heterocycles. The summed E-state index contributed by atoms with van der Waals surface area (Å²) in [5.74, 6) is 0. The molecule has 7 nitrogen and oxygen atoms in total. The summed E-state index contributed by atoms with van der Waals surface area (Å²) in [4.78, 5) is 2.19. The first-order chi connectivity index (χ1) is 22.9. The zero-order chi connectivity index (χ0) is 32.7. The van der Waals surface area contributed by atoms with Crippen molar-refractivity contribution in [3.05, 3.63) is 127 Å². The van der Waals surface area contributed by atoms with Crippen molar-refractivity contribution in [1.29, 1.82) is 0 Å². The van der Waals surface area contributed by atoms with E-state index in [1.54, 1.807) is 0 Å². The van der Waals surface area contributed by atoms with Crippen molar-refractivity contribution in [1.82, 2.24) is 9.13 Å². The van der Waals surface area contributed by atoms with Crippen molar-refractivity contribution in [3.8, 4) is 0 Å². The second-order valence-corrected chi connectivity index (χ2v) is 11.6. The fourth-order valence-electron chi connectivity index (χ4n) is 6.39. The third-order valence-corrected chi connectivity index (χ3v) is 8.77. The highest BCUT2D eigenvalue weighted by Gasteiger charge is 2.16. The number of anilines is 7. The maximum atomic E-state index is 5.88. The molecule has 1 aliphatic rings. The van der Waals surface area contributed by atoms with Crippen LogP contribution in [0.3, 0.4) is 0 Å². The van der Waals surface area contributed by atoms with Crippen LogP contribution in [0, 0.1) is 0 Å². The summed E-state index contributed by atoms with van der Waals surface area (Å²) in [6.07, 6.45) is 8.72. The first-order valence-electron chi connectivity index (χ1n) is 16.0. The second kappa shape index (κ2) is 13.0. The molecule has 7 heteroatoms. The molecule has 0 amide bonds. The van der Waals surface area contributed by atoms with Crippen molar-refractivity contribution in [2.24, 2.45) is 14.1 Å². The molecule has 0 aliphatic carbocycles. The van der Waals surface area contributed by atoms with Gasteiger partial charge >= 0.3 is 0 Å². The Morgan fingerprint density at radius 2 is 0.958 bits per heavy atom. The van der Waals surface area contributed by atoms with E-state index < -0.39 is 0 Å². The Kier molecular flexibility index (Phi) is 8.61. The predicted octanol–water partition coefficient (Wildman–Crippen LogP) is 10.6.